The maximum absolute atomic E-state index is 11.4. The van der Waals surface area contributed by atoms with Crippen LogP contribution in [0.15, 0.2) is 6.07 Å². The number of carbonyl (C=O) groups excluding carboxylic acids is 1. The lowest BCUT2D eigenvalue weighted by atomic mass is 10.1. The van der Waals surface area contributed by atoms with E-state index in [2.05, 4.69) is 0 Å². The molecule has 0 bridgehead atoms. The highest BCUT2D eigenvalue weighted by Crippen LogP contribution is 2.43. The van der Waals surface area contributed by atoms with Gasteiger partial charge in [0.15, 0.2) is 17.3 Å². The second-order valence-electron chi connectivity index (χ2n) is 3.52. The van der Waals surface area contributed by atoms with Crippen molar-refractivity contribution in [1.82, 2.24) is 0 Å². The van der Waals surface area contributed by atoms with E-state index in [0.29, 0.717) is 19.0 Å². The molecule has 2 rings (SSSR count). The van der Waals surface area contributed by atoms with Crippen molar-refractivity contribution in [2.75, 3.05) is 13.2 Å². The molecule has 5 heteroatoms. The molecule has 0 unspecified atom stereocenters. The molecule has 1 aliphatic rings. The molecule has 4 nitrogen and oxygen atoms in total. The molecule has 1 N–H and O–H groups in total. The first-order valence-corrected chi connectivity index (χ1v) is 5.31. The lowest BCUT2D eigenvalue weighted by molar-refractivity contribution is 0.101. The van der Waals surface area contributed by atoms with Gasteiger partial charge in [0.05, 0.1) is 18.2 Å². The van der Waals surface area contributed by atoms with E-state index in [1.807, 2.05) is 0 Å². The number of halogens is 1. The number of phenolic OH excluding ortho intramolecular Hbond substituents is 1. The number of carbonyl (C=O) groups is 1. The predicted octanol–water partition coefficient (Wildman–Crippen LogP) is 2.41. The number of rotatable bonds is 1. The van der Waals surface area contributed by atoms with Gasteiger partial charge in [0.1, 0.15) is 11.3 Å². The summed E-state index contributed by atoms with van der Waals surface area (Å²) in [6.45, 7) is 2.31. The van der Waals surface area contributed by atoms with Crippen molar-refractivity contribution in [1.29, 1.82) is 0 Å². The molecule has 0 radical (unpaired) electrons. The van der Waals surface area contributed by atoms with Crippen LogP contribution in [0.3, 0.4) is 0 Å². The highest BCUT2D eigenvalue weighted by molar-refractivity contribution is 6.33. The molecular weight excluding hydrogens is 232 g/mol. The van der Waals surface area contributed by atoms with E-state index in [0.717, 1.165) is 6.42 Å². The van der Waals surface area contributed by atoms with Crippen LogP contribution in [-0.4, -0.2) is 24.1 Å². The van der Waals surface area contributed by atoms with Gasteiger partial charge in [-0.2, -0.15) is 0 Å². The number of phenols is 1. The highest BCUT2D eigenvalue weighted by atomic mass is 35.5. The number of hydrogen-bond acceptors (Lipinski definition) is 4. The molecule has 0 fully saturated rings. The molecule has 0 aromatic heterocycles. The Morgan fingerprint density at radius 1 is 1.44 bits per heavy atom. The van der Waals surface area contributed by atoms with Crippen molar-refractivity contribution in [2.24, 2.45) is 0 Å². The number of hydrogen-bond donors (Lipinski definition) is 1. The van der Waals surface area contributed by atoms with Gasteiger partial charge in [0.25, 0.3) is 0 Å². The molecule has 16 heavy (non-hydrogen) atoms. The molecule has 0 atom stereocenters. The summed E-state index contributed by atoms with van der Waals surface area (Å²) in [5.74, 6) is 0.137. The van der Waals surface area contributed by atoms with Crippen LogP contribution in [0.5, 0.6) is 17.2 Å². The Balaban J connectivity index is 2.65. The van der Waals surface area contributed by atoms with Gasteiger partial charge in [0, 0.05) is 12.5 Å². The minimum Gasteiger partial charge on any atom is -0.505 e. The molecule has 0 amide bonds. The Labute approximate surface area is 97.7 Å². The average molecular weight is 243 g/mol. The number of ether oxygens (including phenoxy) is 2. The minimum absolute atomic E-state index is 0.0874. The van der Waals surface area contributed by atoms with E-state index in [1.54, 1.807) is 0 Å². The van der Waals surface area contributed by atoms with Crippen LogP contribution in [0.1, 0.15) is 23.7 Å². The zero-order valence-electron chi connectivity index (χ0n) is 8.75. The fourth-order valence-corrected chi connectivity index (χ4v) is 1.79. The third-order valence-electron chi connectivity index (χ3n) is 2.32. The molecule has 1 aromatic rings. The highest BCUT2D eigenvalue weighted by Gasteiger charge is 2.23. The Morgan fingerprint density at radius 3 is 2.81 bits per heavy atom. The van der Waals surface area contributed by atoms with E-state index >= 15 is 0 Å². The summed E-state index contributed by atoms with van der Waals surface area (Å²) in [6.07, 6.45) is 0.727. The van der Waals surface area contributed by atoms with Crippen molar-refractivity contribution >= 4 is 17.4 Å². The molecule has 0 saturated carbocycles. The summed E-state index contributed by atoms with van der Waals surface area (Å²) in [5, 5.41) is 9.82. The molecule has 1 heterocycles. The second kappa shape index (κ2) is 4.22. The fraction of sp³-hybridized carbons (Fsp3) is 0.364. The number of ketones is 1. The SMILES string of the molecule is CC(=O)c1c(O)c(Cl)cc2c1OCCCO2. The molecule has 1 aliphatic heterocycles. The van der Waals surface area contributed by atoms with Gasteiger partial charge >= 0.3 is 0 Å². The minimum atomic E-state index is -0.304. The third-order valence-corrected chi connectivity index (χ3v) is 2.60. The van der Waals surface area contributed by atoms with E-state index in [9.17, 15) is 9.90 Å². The van der Waals surface area contributed by atoms with Crippen LogP contribution >= 0.6 is 11.6 Å². The maximum atomic E-state index is 11.4. The van der Waals surface area contributed by atoms with Gasteiger partial charge in [-0.3, -0.25) is 4.79 Å². The monoisotopic (exact) mass is 242 g/mol. The molecular formula is C11H11ClO4. The first-order valence-electron chi connectivity index (χ1n) is 4.93. The summed E-state index contributed by atoms with van der Waals surface area (Å²) >= 11 is 5.81. The Hall–Kier alpha value is -1.42. The van der Waals surface area contributed by atoms with Crippen LogP contribution in [0.25, 0.3) is 0 Å². The average Bonchev–Trinajstić information content (AvgIpc) is 2.44. The smallest absolute Gasteiger partial charge is 0.175 e. The fourth-order valence-electron chi connectivity index (χ4n) is 1.59. The van der Waals surface area contributed by atoms with Crippen LogP contribution in [0.2, 0.25) is 5.02 Å². The van der Waals surface area contributed by atoms with Crippen molar-refractivity contribution in [3.8, 4) is 17.2 Å². The summed E-state index contributed by atoms with van der Waals surface area (Å²) in [6, 6.07) is 1.46. The predicted molar refractivity (Wildman–Crippen MR) is 58.7 cm³/mol. The van der Waals surface area contributed by atoms with Crippen molar-refractivity contribution in [3.63, 3.8) is 0 Å². The Bertz CT molecular complexity index is 442. The molecule has 1 aromatic carbocycles. The van der Waals surface area contributed by atoms with E-state index in [-0.39, 0.29) is 27.9 Å². The van der Waals surface area contributed by atoms with Crippen LogP contribution in [0.4, 0.5) is 0 Å². The number of fused-ring (bicyclic) bond motifs is 1. The second-order valence-corrected chi connectivity index (χ2v) is 3.92. The number of benzene rings is 1. The Morgan fingerprint density at radius 2 is 2.12 bits per heavy atom. The number of aromatic hydroxyl groups is 1. The summed E-state index contributed by atoms with van der Waals surface area (Å²) < 4.78 is 10.8. The molecule has 0 saturated heterocycles. The molecule has 0 aliphatic carbocycles. The molecule has 0 spiro atoms. The number of Topliss-reactive ketones (excluding diaryl/α,β-unsaturated/α-hetero) is 1. The summed E-state index contributed by atoms with van der Waals surface area (Å²) in [4.78, 5) is 11.4. The zero-order chi connectivity index (χ0) is 11.7. The largest absolute Gasteiger partial charge is 0.505 e. The quantitative estimate of drug-likeness (QED) is 0.769. The summed E-state index contributed by atoms with van der Waals surface area (Å²) in [5.41, 5.74) is 0.0874. The topological polar surface area (TPSA) is 55.8 Å². The van der Waals surface area contributed by atoms with Gasteiger partial charge < -0.3 is 14.6 Å². The van der Waals surface area contributed by atoms with Crippen molar-refractivity contribution in [2.45, 2.75) is 13.3 Å². The van der Waals surface area contributed by atoms with Gasteiger partial charge in [-0.15, -0.1) is 0 Å². The van der Waals surface area contributed by atoms with E-state index in [1.165, 1.54) is 13.0 Å². The molecule has 86 valence electrons. The van der Waals surface area contributed by atoms with Crippen LogP contribution in [0, 0.1) is 0 Å². The lowest BCUT2D eigenvalue weighted by Crippen LogP contribution is -2.02. The zero-order valence-corrected chi connectivity index (χ0v) is 9.50. The van der Waals surface area contributed by atoms with Gasteiger partial charge in [-0.05, 0) is 6.92 Å². The van der Waals surface area contributed by atoms with Gasteiger partial charge in [-0.1, -0.05) is 11.6 Å². The van der Waals surface area contributed by atoms with Crippen LogP contribution < -0.4 is 9.47 Å². The third kappa shape index (κ3) is 1.80. The van der Waals surface area contributed by atoms with Crippen molar-refractivity contribution in [3.05, 3.63) is 16.7 Å². The van der Waals surface area contributed by atoms with Gasteiger partial charge in [-0.25, -0.2) is 0 Å². The Kier molecular flexibility index (Phi) is 2.92. The van der Waals surface area contributed by atoms with Gasteiger partial charge in [0.2, 0.25) is 0 Å². The first-order chi connectivity index (χ1) is 7.61. The summed E-state index contributed by atoms with van der Waals surface area (Å²) in [7, 11) is 0. The standard InChI is InChI=1S/C11H11ClO4/c1-6(13)9-10(14)7(12)5-8-11(9)16-4-2-3-15-8/h5,14H,2-4H2,1H3. The normalized spacial score (nSPS) is 14.4. The van der Waals surface area contributed by atoms with Crippen LogP contribution in [-0.2, 0) is 0 Å². The first kappa shape index (κ1) is 11.1. The maximum Gasteiger partial charge on any atom is 0.175 e. The van der Waals surface area contributed by atoms with E-state index < -0.39 is 0 Å². The van der Waals surface area contributed by atoms with Crippen molar-refractivity contribution < 1.29 is 19.4 Å². The lowest BCUT2D eigenvalue weighted by Gasteiger charge is -2.13. The van der Waals surface area contributed by atoms with E-state index in [4.69, 9.17) is 21.1 Å².